The third-order valence-corrected chi connectivity index (χ3v) is 5.42. The van der Waals surface area contributed by atoms with E-state index in [1.165, 1.54) is 66.1 Å². The maximum Gasteiger partial charge on any atom is 0.280 e. The van der Waals surface area contributed by atoms with Gasteiger partial charge in [-0.2, -0.15) is 10.1 Å². The lowest BCUT2D eigenvalue weighted by molar-refractivity contribution is -0.384. The number of nitrogens with zero attached hydrogens (tertiary/aromatic N) is 4. The third-order valence-electron chi connectivity index (χ3n) is 4.42. The highest BCUT2D eigenvalue weighted by atomic mass is 32.1. The number of non-ortho nitro benzene ring substituents is 1. The Kier molecular flexibility index (Phi) is 5.50. The molecule has 0 aliphatic rings. The van der Waals surface area contributed by atoms with Gasteiger partial charge in [0.15, 0.2) is 0 Å². The van der Waals surface area contributed by atoms with Gasteiger partial charge in [-0.05, 0) is 66.6 Å². The number of benzene rings is 3. The Labute approximate surface area is 180 Å². The average Bonchev–Trinajstić information content (AvgIpc) is 3.17. The Balaban J connectivity index is 1.73. The summed E-state index contributed by atoms with van der Waals surface area (Å²) in [5, 5.41) is 16.6. The molecule has 31 heavy (non-hydrogen) atoms. The van der Waals surface area contributed by atoms with Crippen LogP contribution < -0.4 is 5.01 Å². The van der Waals surface area contributed by atoms with Gasteiger partial charge < -0.3 is 0 Å². The third kappa shape index (κ3) is 4.46. The Bertz CT molecular complexity index is 1300. The van der Waals surface area contributed by atoms with Gasteiger partial charge in [0.25, 0.3) is 11.6 Å². The van der Waals surface area contributed by atoms with Gasteiger partial charge >= 0.3 is 0 Å². The van der Waals surface area contributed by atoms with Gasteiger partial charge in [0, 0.05) is 17.7 Å². The second-order valence-corrected chi connectivity index (χ2v) is 7.69. The number of nitro benzene ring substituents is 1. The number of aryl methyl sites for hydroxylation is 1. The summed E-state index contributed by atoms with van der Waals surface area (Å²) in [5.74, 6) is -0.929. The highest BCUT2D eigenvalue weighted by Crippen LogP contribution is 2.30. The molecule has 0 atom stereocenters. The fraction of sp³-hybridized carbons (Fsp3) is 0.0455. The number of rotatable bonds is 5. The van der Waals surface area contributed by atoms with Crippen molar-refractivity contribution in [1.29, 1.82) is 0 Å². The van der Waals surface area contributed by atoms with Crippen LogP contribution in [0.2, 0.25) is 0 Å². The second-order valence-electron chi connectivity index (χ2n) is 6.68. The molecule has 4 rings (SSSR count). The summed E-state index contributed by atoms with van der Waals surface area (Å²) in [6.45, 7) is 1.97. The molecule has 7 nitrogen and oxygen atoms in total. The number of carbonyl (C=O) groups excluding carboxylic acids is 1. The monoisotopic (exact) mass is 434 g/mol. The summed E-state index contributed by atoms with van der Waals surface area (Å²) >= 11 is 1.30. The molecule has 0 N–H and O–H groups in total. The van der Waals surface area contributed by atoms with Crippen molar-refractivity contribution >= 4 is 44.5 Å². The number of aromatic nitrogens is 1. The number of hydrogen-bond acceptors (Lipinski definition) is 6. The predicted octanol–water partition coefficient (Wildman–Crippen LogP) is 5.33. The molecule has 1 heterocycles. The zero-order valence-corrected chi connectivity index (χ0v) is 17.0. The molecule has 1 aromatic heterocycles. The molecule has 0 saturated carbocycles. The van der Waals surface area contributed by atoms with Crippen LogP contribution in [0.25, 0.3) is 10.2 Å². The van der Waals surface area contributed by atoms with Crippen LogP contribution in [0.5, 0.6) is 0 Å². The Hall–Kier alpha value is -3.98. The molecule has 1 amide bonds. The minimum absolute atomic E-state index is 0.0436. The summed E-state index contributed by atoms with van der Waals surface area (Å²) in [7, 11) is 0. The summed E-state index contributed by atoms with van der Waals surface area (Å²) in [5.41, 5.74) is 2.57. The van der Waals surface area contributed by atoms with E-state index in [0.29, 0.717) is 10.7 Å². The molecule has 0 aliphatic carbocycles. The number of nitro groups is 1. The van der Waals surface area contributed by atoms with Crippen molar-refractivity contribution in [2.75, 3.05) is 5.01 Å². The first-order valence-electron chi connectivity index (χ1n) is 9.16. The van der Waals surface area contributed by atoms with Gasteiger partial charge in [-0.15, -0.1) is 0 Å². The predicted molar refractivity (Wildman–Crippen MR) is 118 cm³/mol. The molecular weight excluding hydrogens is 419 g/mol. The topological polar surface area (TPSA) is 88.7 Å². The van der Waals surface area contributed by atoms with E-state index in [2.05, 4.69) is 10.1 Å². The van der Waals surface area contributed by atoms with Crippen molar-refractivity contribution in [1.82, 2.24) is 4.98 Å². The minimum atomic E-state index is -0.492. The highest BCUT2D eigenvalue weighted by molar-refractivity contribution is 7.22. The number of halogens is 1. The maximum atomic E-state index is 13.3. The van der Waals surface area contributed by atoms with Crippen molar-refractivity contribution in [2.45, 2.75) is 6.92 Å². The lowest BCUT2D eigenvalue weighted by atomic mass is 10.2. The summed E-state index contributed by atoms with van der Waals surface area (Å²) in [6.07, 6.45) is 1.42. The van der Waals surface area contributed by atoms with E-state index in [0.717, 1.165) is 20.8 Å². The van der Waals surface area contributed by atoms with E-state index in [1.807, 2.05) is 25.1 Å². The number of hydrazone groups is 1. The van der Waals surface area contributed by atoms with E-state index < -0.39 is 16.6 Å². The Morgan fingerprint density at radius 2 is 1.84 bits per heavy atom. The average molecular weight is 434 g/mol. The molecule has 0 spiro atoms. The van der Waals surface area contributed by atoms with Crippen LogP contribution in [-0.2, 0) is 0 Å². The number of carbonyl (C=O) groups is 1. The number of amides is 1. The fourth-order valence-corrected chi connectivity index (χ4v) is 3.84. The van der Waals surface area contributed by atoms with Crippen molar-refractivity contribution in [2.24, 2.45) is 5.10 Å². The van der Waals surface area contributed by atoms with Crippen molar-refractivity contribution in [3.8, 4) is 0 Å². The van der Waals surface area contributed by atoms with E-state index in [4.69, 9.17) is 0 Å². The smallest absolute Gasteiger partial charge is 0.267 e. The molecule has 0 bridgehead atoms. The van der Waals surface area contributed by atoms with Crippen LogP contribution in [0.4, 0.5) is 15.2 Å². The van der Waals surface area contributed by atoms with Gasteiger partial charge in [0.05, 0.1) is 21.4 Å². The van der Waals surface area contributed by atoms with E-state index in [-0.39, 0.29) is 11.3 Å². The standard InChI is InChI=1S/C22H15FN4O3S/c1-14-2-11-19-20(12-14)31-22(25-19)26(21(28)16-5-7-17(23)8-6-16)24-13-15-3-9-18(10-4-15)27(29)30/h2-13H,1H3/b24-13+. The number of anilines is 1. The van der Waals surface area contributed by atoms with Crippen LogP contribution in [0.15, 0.2) is 71.8 Å². The summed E-state index contributed by atoms with van der Waals surface area (Å²) < 4.78 is 14.2. The zero-order valence-electron chi connectivity index (χ0n) is 16.2. The van der Waals surface area contributed by atoms with Gasteiger partial charge in [-0.25, -0.2) is 9.37 Å². The Morgan fingerprint density at radius 1 is 1.13 bits per heavy atom. The Morgan fingerprint density at radius 3 is 2.52 bits per heavy atom. The molecule has 0 fully saturated rings. The van der Waals surface area contributed by atoms with Crippen LogP contribution in [0, 0.1) is 22.9 Å². The van der Waals surface area contributed by atoms with Gasteiger partial charge in [-0.1, -0.05) is 17.4 Å². The highest BCUT2D eigenvalue weighted by Gasteiger charge is 2.21. The normalized spacial score (nSPS) is 11.2. The van der Waals surface area contributed by atoms with E-state index in [1.54, 1.807) is 0 Å². The molecule has 0 unspecified atom stereocenters. The molecule has 4 aromatic rings. The first-order chi connectivity index (χ1) is 14.9. The van der Waals surface area contributed by atoms with Crippen molar-refractivity contribution in [3.63, 3.8) is 0 Å². The van der Waals surface area contributed by atoms with Crippen LogP contribution >= 0.6 is 11.3 Å². The number of fused-ring (bicyclic) bond motifs is 1. The van der Waals surface area contributed by atoms with Gasteiger partial charge in [0.1, 0.15) is 5.82 Å². The molecule has 9 heteroatoms. The van der Waals surface area contributed by atoms with Gasteiger partial charge in [-0.3, -0.25) is 14.9 Å². The van der Waals surface area contributed by atoms with Gasteiger partial charge in [0.2, 0.25) is 5.13 Å². The van der Waals surface area contributed by atoms with Crippen LogP contribution in [0.1, 0.15) is 21.5 Å². The molecule has 0 aliphatic heterocycles. The second kappa shape index (κ2) is 8.41. The van der Waals surface area contributed by atoms with E-state index >= 15 is 0 Å². The quantitative estimate of drug-likeness (QED) is 0.241. The fourth-order valence-electron chi connectivity index (χ4n) is 2.82. The molecule has 0 saturated heterocycles. The van der Waals surface area contributed by atoms with Crippen molar-refractivity contribution in [3.05, 3.63) is 99.4 Å². The zero-order chi connectivity index (χ0) is 22.0. The van der Waals surface area contributed by atoms with Crippen LogP contribution in [-0.4, -0.2) is 22.0 Å². The number of thiazole rings is 1. The number of hydrogen-bond donors (Lipinski definition) is 0. The molecular formula is C22H15FN4O3S. The van der Waals surface area contributed by atoms with E-state index in [9.17, 15) is 19.3 Å². The summed E-state index contributed by atoms with van der Waals surface area (Å²) in [6, 6.07) is 16.7. The maximum absolute atomic E-state index is 13.3. The van der Waals surface area contributed by atoms with Crippen molar-refractivity contribution < 1.29 is 14.1 Å². The molecule has 0 radical (unpaired) electrons. The largest absolute Gasteiger partial charge is 0.280 e. The first-order valence-corrected chi connectivity index (χ1v) is 9.98. The SMILES string of the molecule is Cc1ccc2nc(N(/N=C/c3ccc([N+](=O)[O-])cc3)C(=O)c3ccc(F)cc3)sc2c1. The lowest BCUT2D eigenvalue weighted by Gasteiger charge is -2.13. The molecule has 3 aromatic carbocycles. The minimum Gasteiger partial charge on any atom is -0.267 e. The molecule has 154 valence electrons. The van der Waals surface area contributed by atoms with Crippen LogP contribution in [0.3, 0.4) is 0 Å². The lowest BCUT2D eigenvalue weighted by Crippen LogP contribution is -2.25. The summed E-state index contributed by atoms with van der Waals surface area (Å²) in [4.78, 5) is 28.0. The first kappa shape index (κ1) is 20.3.